The highest BCUT2D eigenvalue weighted by atomic mass is 16.6. The van der Waals surface area contributed by atoms with Crippen molar-refractivity contribution in [1.29, 1.82) is 0 Å². The first-order chi connectivity index (χ1) is 9.56. The first-order valence-electron chi connectivity index (χ1n) is 6.43. The van der Waals surface area contributed by atoms with E-state index in [0.717, 1.165) is 6.42 Å². The quantitative estimate of drug-likeness (QED) is 0.616. The van der Waals surface area contributed by atoms with Gasteiger partial charge in [0.1, 0.15) is 5.69 Å². The van der Waals surface area contributed by atoms with Gasteiger partial charge in [-0.05, 0) is 12.8 Å². The number of ether oxygens (including phenoxy) is 1. The molecule has 1 amide bonds. The van der Waals surface area contributed by atoms with Gasteiger partial charge in [0, 0.05) is 32.3 Å². The molecule has 2 unspecified atom stereocenters. The van der Waals surface area contributed by atoms with Crippen molar-refractivity contribution in [1.82, 2.24) is 9.88 Å². The summed E-state index contributed by atoms with van der Waals surface area (Å²) in [5.41, 5.74) is 5.81. The summed E-state index contributed by atoms with van der Waals surface area (Å²) in [5.74, 6) is -0.261. The van der Waals surface area contributed by atoms with Gasteiger partial charge in [-0.3, -0.25) is 14.9 Å². The zero-order valence-corrected chi connectivity index (χ0v) is 11.2. The van der Waals surface area contributed by atoms with Crippen LogP contribution in [0.4, 0.5) is 5.69 Å². The highest BCUT2D eigenvalue weighted by Crippen LogP contribution is 2.22. The van der Waals surface area contributed by atoms with Crippen LogP contribution in [0.3, 0.4) is 0 Å². The third-order valence-electron chi connectivity index (χ3n) is 3.64. The second-order valence-electron chi connectivity index (χ2n) is 4.80. The Morgan fingerprint density at radius 2 is 2.45 bits per heavy atom. The Bertz CT molecular complexity index is 501. The number of nitro groups is 1. The Balaban J connectivity index is 2.12. The van der Waals surface area contributed by atoms with Gasteiger partial charge in [0.25, 0.3) is 11.6 Å². The van der Waals surface area contributed by atoms with Gasteiger partial charge < -0.3 is 20.4 Å². The fourth-order valence-electron chi connectivity index (χ4n) is 2.49. The fraction of sp³-hybridized carbons (Fsp3) is 0.583. The van der Waals surface area contributed by atoms with Crippen LogP contribution in [-0.2, 0) is 4.74 Å². The SMILES string of the molecule is COC1CCN(C(=O)c2cc([N+](=O)[O-])c[nH]2)C(CN)C1. The topological polar surface area (TPSA) is 114 Å². The molecule has 1 saturated heterocycles. The molecule has 3 N–H and O–H groups in total. The number of methoxy groups -OCH3 is 1. The Morgan fingerprint density at radius 3 is 3.00 bits per heavy atom. The first-order valence-corrected chi connectivity index (χ1v) is 6.43. The molecule has 110 valence electrons. The summed E-state index contributed by atoms with van der Waals surface area (Å²) in [6.45, 7) is 0.875. The predicted molar refractivity (Wildman–Crippen MR) is 71.4 cm³/mol. The maximum atomic E-state index is 12.4. The fourth-order valence-corrected chi connectivity index (χ4v) is 2.49. The van der Waals surface area contributed by atoms with Crippen LogP contribution >= 0.6 is 0 Å². The third-order valence-corrected chi connectivity index (χ3v) is 3.64. The van der Waals surface area contributed by atoms with Crippen LogP contribution < -0.4 is 5.73 Å². The van der Waals surface area contributed by atoms with Crippen molar-refractivity contribution in [2.75, 3.05) is 20.2 Å². The number of H-pyrrole nitrogens is 1. The van der Waals surface area contributed by atoms with Crippen LogP contribution in [0.25, 0.3) is 0 Å². The molecule has 20 heavy (non-hydrogen) atoms. The minimum Gasteiger partial charge on any atom is -0.381 e. The van der Waals surface area contributed by atoms with Crippen LogP contribution in [-0.4, -0.2) is 53.1 Å². The van der Waals surface area contributed by atoms with Gasteiger partial charge in [0.15, 0.2) is 0 Å². The van der Waals surface area contributed by atoms with Crippen LogP contribution in [0.5, 0.6) is 0 Å². The lowest BCUT2D eigenvalue weighted by Crippen LogP contribution is -2.51. The molecule has 1 aliphatic heterocycles. The molecule has 1 fully saturated rings. The standard InChI is InChI=1S/C12H18N4O4/c1-20-10-2-3-15(8(4-10)6-13)12(17)11-5-9(7-14-11)16(18)19/h5,7-8,10,14H,2-4,6,13H2,1H3. The predicted octanol–water partition coefficient (Wildman–Crippen LogP) is 0.501. The molecule has 8 nitrogen and oxygen atoms in total. The first kappa shape index (κ1) is 14.5. The summed E-state index contributed by atoms with van der Waals surface area (Å²) in [7, 11) is 1.64. The third kappa shape index (κ3) is 2.81. The number of carbonyl (C=O) groups excluding carboxylic acids is 1. The number of aromatic nitrogens is 1. The molecule has 1 aromatic heterocycles. The summed E-state index contributed by atoms with van der Waals surface area (Å²) < 4.78 is 5.30. The van der Waals surface area contributed by atoms with E-state index in [0.29, 0.717) is 19.5 Å². The number of likely N-dealkylation sites (tertiary alicyclic amines) is 1. The molecule has 0 radical (unpaired) electrons. The molecule has 0 aromatic carbocycles. The number of nitrogens with one attached hydrogen (secondary N) is 1. The molecule has 2 atom stereocenters. The Kier molecular flexibility index (Phi) is 4.35. The molecule has 0 bridgehead atoms. The second-order valence-corrected chi connectivity index (χ2v) is 4.80. The minimum absolute atomic E-state index is 0.102. The summed E-state index contributed by atoms with van der Waals surface area (Å²) in [6, 6.07) is 1.14. The van der Waals surface area contributed by atoms with Gasteiger partial charge in [0.2, 0.25) is 0 Å². The van der Waals surface area contributed by atoms with E-state index in [1.807, 2.05) is 0 Å². The molecule has 0 spiro atoms. The monoisotopic (exact) mass is 282 g/mol. The lowest BCUT2D eigenvalue weighted by Gasteiger charge is -2.38. The van der Waals surface area contributed by atoms with Crippen LogP contribution in [0.1, 0.15) is 23.3 Å². The van der Waals surface area contributed by atoms with Crippen molar-refractivity contribution < 1.29 is 14.5 Å². The average Bonchev–Trinajstić information content (AvgIpc) is 2.95. The number of nitrogens with two attached hydrogens (primary N) is 1. The molecular formula is C12H18N4O4. The molecule has 0 aliphatic carbocycles. The summed E-state index contributed by atoms with van der Waals surface area (Å²) >= 11 is 0. The van der Waals surface area contributed by atoms with Gasteiger partial charge in [0.05, 0.1) is 17.2 Å². The highest BCUT2D eigenvalue weighted by molar-refractivity contribution is 5.93. The van der Waals surface area contributed by atoms with E-state index in [-0.39, 0.29) is 29.4 Å². The highest BCUT2D eigenvalue weighted by Gasteiger charge is 2.32. The Labute approximate surface area is 116 Å². The molecular weight excluding hydrogens is 264 g/mol. The van der Waals surface area contributed by atoms with Gasteiger partial charge in [-0.15, -0.1) is 0 Å². The molecule has 1 aliphatic rings. The molecule has 8 heteroatoms. The summed E-state index contributed by atoms with van der Waals surface area (Å²) in [6.07, 6.45) is 2.74. The smallest absolute Gasteiger partial charge is 0.287 e. The lowest BCUT2D eigenvalue weighted by atomic mass is 9.99. The summed E-state index contributed by atoms with van der Waals surface area (Å²) in [4.78, 5) is 26.8. The van der Waals surface area contributed by atoms with Crippen molar-refractivity contribution in [2.24, 2.45) is 5.73 Å². The lowest BCUT2D eigenvalue weighted by molar-refractivity contribution is -0.384. The number of amides is 1. The van der Waals surface area contributed by atoms with Gasteiger partial charge in [-0.25, -0.2) is 0 Å². The van der Waals surface area contributed by atoms with E-state index in [2.05, 4.69) is 4.98 Å². The number of aromatic amines is 1. The summed E-state index contributed by atoms with van der Waals surface area (Å²) in [5, 5.41) is 10.6. The minimum atomic E-state index is -0.537. The van der Waals surface area contributed by atoms with E-state index >= 15 is 0 Å². The number of nitrogens with zero attached hydrogens (tertiary/aromatic N) is 2. The van der Waals surface area contributed by atoms with E-state index in [4.69, 9.17) is 10.5 Å². The number of rotatable bonds is 4. The van der Waals surface area contributed by atoms with Crippen LogP contribution in [0, 0.1) is 10.1 Å². The molecule has 1 aromatic rings. The van der Waals surface area contributed by atoms with Crippen LogP contribution in [0.2, 0.25) is 0 Å². The van der Waals surface area contributed by atoms with E-state index < -0.39 is 4.92 Å². The zero-order valence-electron chi connectivity index (χ0n) is 11.2. The zero-order chi connectivity index (χ0) is 14.7. The van der Waals surface area contributed by atoms with Gasteiger partial charge >= 0.3 is 0 Å². The van der Waals surface area contributed by atoms with Crippen LogP contribution in [0.15, 0.2) is 12.3 Å². The number of carbonyl (C=O) groups is 1. The maximum Gasteiger partial charge on any atom is 0.287 e. The average molecular weight is 282 g/mol. The molecule has 2 heterocycles. The van der Waals surface area contributed by atoms with E-state index in [1.165, 1.54) is 12.3 Å². The van der Waals surface area contributed by atoms with Crippen molar-refractivity contribution in [3.05, 3.63) is 28.1 Å². The number of piperidine rings is 1. The molecule has 2 rings (SSSR count). The maximum absolute atomic E-state index is 12.4. The normalized spacial score (nSPS) is 22.8. The Hall–Kier alpha value is -1.93. The van der Waals surface area contributed by atoms with E-state index in [1.54, 1.807) is 12.0 Å². The van der Waals surface area contributed by atoms with Crippen molar-refractivity contribution in [3.63, 3.8) is 0 Å². The van der Waals surface area contributed by atoms with E-state index in [9.17, 15) is 14.9 Å². The number of hydrogen-bond donors (Lipinski definition) is 2. The molecule has 0 saturated carbocycles. The van der Waals surface area contributed by atoms with Gasteiger partial charge in [-0.1, -0.05) is 0 Å². The Morgan fingerprint density at radius 1 is 1.70 bits per heavy atom. The van der Waals surface area contributed by atoms with Crippen molar-refractivity contribution in [2.45, 2.75) is 25.0 Å². The van der Waals surface area contributed by atoms with Gasteiger partial charge in [-0.2, -0.15) is 0 Å². The second kappa shape index (κ2) is 6.02. The number of hydrogen-bond acceptors (Lipinski definition) is 5. The van der Waals surface area contributed by atoms with Crippen molar-refractivity contribution >= 4 is 11.6 Å². The van der Waals surface area contributed by atoms with Crippen molar-refractivity contribution in [3.8, 4) is 0 Å². The largest absolute Gasteiger partial charge is 0.381 e.